The second kappa shape index (κ2) is 7.42. The predicted molar refractivity (Wildman–Crippen MR) is 115 cm³/mol. The van der Waals surface area contributed by atoms with Crippen molar-refractivity contribution < 1.29 is 4.39 Å². The summed E-state index contributed by atoms with van der Waals surface area (Å²) in [5, 5.41) is 7.66. The van der Waals surface area contributed by atoms with Crippen LogP contribution in [0, 0.1) is 19.7 Å². The van der Waals surface area contributed by atoms with E-state index in [1.54, 1.807) is 13.1 Å². The molecule has 5 rings (SSSR count). The molecule has 0 atom stereocenters. The molecule has 31 heavy (non-hydrogen) atoms. The van der Waals surface area contributed by atoms with Gasteiger partial charge in [-0.1, -0.05) is 0 Å². The molecule has 0 unspecified atom stereocenters. The molecule has 0 saturated carbocycles. The Morgan fingerprint density at radius 2 is 1.94 bits per heavy atom. The molecule has 5 heterocycles. The summed E-state index contributed by atoms with van der Waals surface area (Å²) in [6.07, 6.45) is 5.39. The van der Waals surface area contributed by atoms with Crippen LogP contribution in [0.4, 0.5) is 21.6 Å². The smallest absolute Gasteiger partial charge is 0.274 e. The fourth-order valence-corrected chi connectivity index (χ4v) is 3.86. The maximum Gasteiger partial charge on any atom is 0.274 e. The van der Waals surface area contributed by atoms with Gasteiger partial charge in [-0.3, -0.25) is 14.8 Å². The molecule has 1 aliphatic heterocycles. The van der Waals surface area contributed by atoms with Crippen molar-refractivity contribution >= 4 is 22.8 Å². The number of hydrogen-bond donors (Lipinski definition) is 1. The third-order valence-electron chi connectivity index (χ3n) is 5.44. The van der Waals surface area contributed by atoms with Gasteiger partial charge in [0.2, 0.25) is 0 Å². The number of aryl methyl sites for hydroxylation is 2. The number of anilines is 3. The van der Waals surface area contributed by atoms with E-state index in [0.717, 1.165) is 35.6 Å². The van der Waals surface area contributed by atoms with E-state index in [4.69, 9.17) is 0 Å². The standard InChI is InChI=1S/C22H20FN7O/c1-13-9-19-25-7-4-20(31)30(19)28-22(13)29-8-5-18-15(12-29)10-16(11-26-18)27-21-14(2)24-6-3-17(21)23/h3-4,6-7,9-11,27H,5,8,12H2,1-2H3. The van der Waals surface area contributed by atoms with Gasteiger partial charge in [-0.25, -0.2) is 9.37 Å². The molecule has 0 radical (unpaired) electrons. The van der Waals surface area contributed by atoms with Gasteiger partial charge in [0.25, 0.3) is 5.56 Å². The number of fused-ring (bicyclic) bond motifs is 2. The van der Waals surface area contributed by atoms with Crippen molar-refractivity contribution in [3.63, 3.8) is 0 Å². The second-order valence-corrected chi connectivity index (χ2v) is 7.58. The lowest BCUT2D eigenvalue weighted by atomic mass is 10.0. The summed E-state index contributed by atoms with van der Waals surface area (Å²) in [5.41, 5.74) is 4.89. The molecule has 9 heteroatoms. The second-order valence-electron chi connectivity index (χ2n) is 7.58. The average Bonchev–Trinajstić information content (AvgIpc) is 2.76. The lowest BCUT2D eigenvalue weighted by molar-refractivity contribution is 0.628. The van der Waals surface area contributed by atoms with Gasteiger partial charge >= 0.3 is 0 Å². The highest BCUT2D eigenvalue weighted by Crippen LogP contribution is 2.28. The van der Waals surface area contributed by atoms with Crippen LogP contribution < -0.4 is 15.8 Å². The topological polar surface area (TPSA) is 88.3 Å². The molecule has 0 aliphatic carbocycles. The van der Waals surface area contributed by atoms with Crippen molar-refractivity contribution in [2.75, 3.05) is 16.8 Å². The lowest BCUT2D eigenvalue weighted by Gasteiger charge is -2.30. The summed E-state index contributed by atoms with van der Waals surface area (Å²) in [5.74, 6) is 0.377. The molecule has 156 valence electrons. The average molecular weight is 417 g/mol. The zero-order valence-corrected chi connectivity index (χ0v) is 17.1. The Bertz CT molecular complexity index is 1350. The number of halogens is 1. The van der Waals surface area contributed by atoms with Crippen molar-refractivity contribution in [2.45, 2.75) is 26.8 Å². The summed E-state index contributed by atoms with van der Waals surface area (Å²) in [6.45, 7) is 5.03. The first-order chi connectivity index (χ1) is 15.0. The Balaban J connectivity index is 1.47. The van der Waals surface area contributed by atoms with Gasteiger partial charge in [-0.2, -0.15) is 4.52 Å². The molecule has 1 aliphatic rings. The lowest BCUT2D eigenvalue weighted by Crippen LogP contribution is -2.33. The van der Waals surface area contributed by atoms with Gasteiger partial charge in [-0.15, -0.1) is 5.10 Å². The number of aromatic nitrogens is 5. The van der Waals surface area contributed by atoms with Crippen LogP contribution in [0.2, 0.25) is 0 Å². The maximum atomic E-state index is 14.2. The largest absolute Gasteiger partial charge is 0.350 e. The fraction of sp³-hybridized carbons (Fsp3) is 0.227. The highest BCUT2D eigenvalue weighted by atomic mass is 19.1. The van der Waals surface area contributed by atoms with Crippen LogP contribution in [-0.2, 0) is 13.0 Å². The Morgan fingerprint density at radius 1 is 1.10 bits per heavy atom. The quantitative estimate of drug-likeness (QED) is 0.548. The highest BCUT2D eigenvalue weighted by molar-refractivity contribution is 5.63. The molecule has 0 amide bonds. The van der Waals surface area contributed by atoms with E-state index >= 15 is 0 Å². The van der Waals surface area contributed by atoms with Crippen LogP contribution in [0.25, 0.3) is 5.65 Å². The fourth-order valence-electron chi connectivity index (χ4n) is 3.86. The maximum absolute atomic E-state index is 14.2. The Morgan fingerprint density at radius 3 is 2.77 bits per heavy atom. The molecule has 0 aromatic carbocycles. The van der Waals surface area contributed by atoms with Gasteiger partial charge in [0, 0.05) is 43.7 Å². The monoisotopic (exact) mass is 417 g/mol. The van der Waals surface area contributed by atoms with Gasteiger partial charge in [0.1, 0.15) is 5.82 Å². The van der Waals surface area contributed by atoms with Crippen LogP contribution in [0.1, 0.15) is 22.5 Å². The van der Waals surface area contributed by atoms with E-state index in [1.165, 1.54) is 29.0 Å². The summed E-state index contributed by atoms with van der Waals surface area (Å²) in [7, 11) is 0. The van der Waals surface area contributed by atoms with Crippen molar-refractivity contribution in [3.05, 3.63) is 81.5 Å². The van der Waals surface area contributed by atoms with Gasteiger partial charge in [0.05, 0.1) is 23.3 Å². The first-order valence-electron chi connectivity index (χ1n) is 9.96. The third kappa shape index (κ3) is 3.48. The van der Waals surface area contributed by atoms with Crippen LogP contribution in [0.5, 0.6) is 0 Å². The van der Waals surface area contributed by atoms with Crippen molar-refractivity contribution in [1.82, 2.24) is 24.6 Å². The molecule has 1 N–H and O–H groups in total. The van der Waals surface area contributed by atoms with E-state index in [9.17, 15) is 9.18 Å². The van der Waals surface area contributed by atoms with Gasteiger partial charge in [0.15, 0.2) is 11.5 Å². The van der Waals surface area contributed by atoms with Crippen LogP contribution in [0.15, 0.2) is 47.7 Å². The first kappa shape index (κ1) is 19.1. The summed E-state index contributed by atoms with van der Waals surface area (Å²) in [4.78, 5) is 27.2. The minimum absolute atomic E-state index is 0.217. The highest BCUT2D eigenvalue weighted by Gasteiger charge is 2.21. The zero-order chi connectivity index (χ0) is 21.5. The van der Waals surface area contributed by atoms with Crippen LogP contribution >= 0.6 is 0 Å². The van der Waals surface area contributed by atoms with E-state index in [1.807, 2.05) is 19.1 Å². The Hall–Kier alpha value is -3.88. The molecule has 0 fully saturated rings. The van der Waals surface area contributed by atoms with E-state index < -0.39 is 0 Å². The van der Waals surface area contributed by atoms with Gasteiger partial charge in [-0.05, 0) is 43.2 Å². The first-order valence-corrected chi connectivity index (χ1v) is 9.96. The number of nitrogens with zero attached hydrogens (tertiary/aromatic N) is 6. The molecule has 0 spiro atoms. The van der Waals surface area contributed by atoms with Crippen LogP contribution in [-0.4, -0.2) is 31.1 Å². The van der Waals surface area contributed by atoms with E-state index in [2.05, 4.69) is 30.3 Å². The molecule has 4 aromatic rings. The number of nitrogens with one attached hydrogen (secondary N) is 1. The summed E-state index contributed by atoms with van der Waals surface area (Å²) in [6, 6.07) is 6.56. The van der Waals surface area contributed by atoms with Crippen molar-refractivity contribution in [1.29, 1.82) is 0 Å². The molecule has 0 saturated heterocycles. The summed E-state index contributed by atoms with van der Waals surface area (Å²) >= 11 is 0. The zero-order valence-electron chi connectivity index (χ0n) is 17.1. The molecule has 0 bridgehead atoms. The Labute approximate surface area is 177 Å². The minimum atomic E-state index is -0.359. The number of rotatable bonds is 3. The Kier molecular flexibility index (Phi) is 4.58. The van der Waals surface area contributed by atoms with Gasteiger partial charge < -0.3 is 10.2 Å². The van der Waals surface area contributed by atoms with Crippen molar-refractivity contribution in [2.24, 2.45) is 0 Å². The SMILES string of the molecule is Cc1cc2nccc(=O)n2nc1N1CCc2ncc(Nc3c(F)ccnc3C)cc2C1. The molecule has 4 aromatic heterocycles. The van der Waals surface area contributed by atoms with Crippen molar-refractivity contribution in [3.8, 4) is 0 Å². The number of hydrogen-bond acceptors (Lipinski definition) is 7. The summed E-state index contributed by atoms with van der Waals surface area (Å²) < 4.78 is 15.5. The third-order valence-corrected chi connectivity index (χ3v) is 5.44. The molecular formula is C22H20FN7O. The predicted octanol–water partition coefficient (Wildman–Crippen LogP) is 2.94. The molecular weight excluding hydrogens is 397 g/mol. The normalized spacial score (nSPS) is 13.3. The van der Waals surface area contributed by atoms with E-state index in [-0.39, 0.29) is 11.4 Å². The number of pyridine rings is 2. The van der Waals surface area contributed by atoms with Crippen LogP contribution in [0.3, 0.4) is 0 Å². The molecule has 8 nitrogen and oxygen atoms in total. The van der Waals surface area contributed by atoms with E-state index in [0.29, 0.717) is 29.3 Å². The minimum Gasteiger partial charge on any atom is -0.350 e.